The van der Waals surface area contributed by atoms with Crippen LogP contribution < -0.4 is 0 Å². The van der Waals surface area contributed by atoms with E-state index in [1.165, 1.54) is 0 Å². The first kappa shape index (κ1) is 17.1. The van der Waals surface area contributed by atoms with E-state index in [-0.39, 0.29) is 5.91 Å². The van der Waals surface area contributed by atoms with Crippen LogP contribution in [-0.2, 0) is 11.2 Å². The van der Waals surface area contributed by atoms with Crippen molar-refractivity contribution in [3.8, 4) is 11.5 Å². The minimum absolute atomic E-state index is 0.00470. The molecule has 0 unspecified atom stereocenters. The molecule has 1 aromatic carbocycles. The van der Waals surface area contributed by atoms with Gasteiger partial charge in [-0.25, -0.2) is 0 Å². The van der Waals surface area contributed by atoms with Crippen molar-refractivity contribution in [3.05, 3.63) is 36.2 Å². The summed E-state index contributed by atoms with van der Waals surface area (Å²) in [4.78, 5) is 13.5. The van der Waals surface area contributed by atoms with Crippen LogP contribution in [0.5, 0.6) is 0 Å². The topological polar surface area (TPSA) is 79.5 Å². The third-order valence-electron chi connectivity index (χ3n) is 3.32. The van der Waals surface area contributed by atoms with Crippen LogP contribution in [0.4, 0.5) is 0 Å². The van der Waals surface area contributed by atoms with Gasteiger partial charge in [0.05, 0.1) is 5.60 Å². The summed E-state index contributed by atoms with van der Waals surface area (Å²) in [6, 6.07) is 9.57. The van der Waals surface area contributed by atoms with Gasteiger partial charge in [-0.1, -0.05) is 18.2 Å². The molecule has 6 heteroatoms. The lowest BCUT2D eigenvalue weighted by Gasteiger charge is -2.25. The molecule has 0 aliphatic rings. The van der Waals surface area contributed by atoms with Gasteiger partial charge in [-0.05, 0) is 32.4 Å². The smallest absolute Gasteiger partial charge is 0.247 e. The Bertz CT molecular complexity index is 632. The quantitative estimate of drug-likeness (QED) is 0.847. The predicted molar refractivity (Wildman–Crippen MR) is 86.6 cm³/mol. The van der Waals surface area contributed by atoms with Gasteiger partial charge in [-0.3, -0.25) is 4.79 Å². The van der Waals surface area contributed by atoms with Crippen LogP contribution in [0.15, 0.2) is 34.7 Å². The summed E-state index contributed by atoms with van der Waals surface area (Å²) in [5.74, 6) is 1.02. The maximum atomic E-state index is 12.0. The molecule has 0 aliphatic heterocycles. The molecule has 124 valence electrons. The normalized spacial score (nSPS) is 11.5. The highest BCUT2D eigenvalue weighted by molar-refractivity contribution is 5.75. The van der Waals surface area contributed by atoms with Gasteiger partial charge in [-0.15, -0.1) is 10.2 Å². The Morgan fingerprint density at radius 2 is 1.96 bits per heavy atom. The summed E-state index contributed by atoms with van der Waals surface area (Å²) < 4.78 is 5.61. The van der Waals surface area contributed by atoms with Crippen molar-refractivity contribution in [1.29, 1.82) is 0 Å². The number of rotatable bonds is 7. The molecule has 1 heterocycles. The van der Waals surface area contributed by atoms with E-state index in [4.69, 9.17) is 4.42 Å². The molecule has 0 atom stereocenters. The summed E-state index contributed by atoms with van der Waals surface area (Å²) in [6.07, 6.45) is 1.57. The van der Waals surface area contributed by atoms with Gasteiger partial charge in [0.25, 0.3) is 0 Å². The van der Waals surface area contributed by atoms with Crippen LogP contribution >= 0.6 is 0 Å². The molecule has 0 saturated carbocycles. The van der Waals surface area contributed by atoms with E-state index in [9.17, 15) is 9.90 Å². The number of aromatic nitrogens is 2. The summed E-state index contributed by atoms with van der Waals surface area (Å²) in [6.45, 7) is 3.67. The molecule has 0 bridgehead atoms. The van der Waals surface area contributed by atoms with E-state index in [0.29, 0.717) is 37.6 Å². The largest absolute Gasteiger partial charge is 0.421 e. The summed E-state index contributed by atoms with van der Waals surface area (Å²) >= 11 is 0. The standard InChI is InChI=1S/C17H23N3O3/c1-17(2,22)12-20(3)15(21)11-7-10-14-18-19-16(23-14)13-8-5-4-6-9-13/h4-6,8-9,22H,7,10-12H2,1-3H3. The zero-order valence-corrected chi connectivity index (χ0v) is 13.8. The molecule has 23 heavy (non-hydrogen) atoms. The number of aryl methyl sites for hydroxylation is 1. The van der Waals surface area contributed by atoms with Crippen molar-refractivity contribution in [2.45, 2.75) is 38.7 Å². The molecule has 1 N–H and O–H groups in total. The number of hydrogen-bond acceptors (Lipinski definition) is 5. The van der Waals surface area contributed by atoms with Crippen molar-refractivity contribution < 1.29 is 14.3 Å². The second-order valence-corrected chi connectivity index (χ2v) is 6.28. The third kappa shape index (κ3) is 5.49. The van der Waals surface area contributed by atoms with Crippen molar-refractivity contribution in [1.82, 2.24) is 15.1 Å². The average molecular weight is 317 g/mol. The number of carbonyl (C=O) groups excluding carboxylic acids is 1. The van der Waals surface area contributed by atoms with Gasteiger partial charge in [0, 0.05) is 32.0 Å². The first-order valence-corrected chi connectivity index (χ1v) is 7.69. The fourth-order valence-electron chi connectivity index (χ4n) is 2.30. The zero-order valence-electron chi connectivity index (χ0n) is 13.8. The van der Waals surface area contributed by atoms with E-state index in [1.54, 1.807) is 25.8 Å². The Hall–Kier alpha value is -2.21. The number of carbonyl (C=O) groups is 1. The lowest BCUT2D eigenvalue weighted by Crippen LogP contribution is -2.39. The van der Waals surface area contributed by atoms with Crippen molar-refractivity contribution in [3.63, 3.8) is 0 Å². The highest BCUT2D eigenvalue weighted by Crippen LogP contribution is 2.17. The number of hydrogen-bond donors (Lipinski definition) is 1. The molecular formula is C17H23N3O3. The molecule has 0 fully saturated rings. The molecular weight excluding hydrogens is 294 g/mol. The second-order valence-electron chi connectivity index (χ2n) is 6.28. The lowest BCUT2D eigenvalue weighted by molar-refractivity contribution is -0.132. The van der Waals surface area contributed by atoms with Gasteiger partial charge >= 0.3 is 0 Å². The fraction of sp³-hybridized carbons (Fsp3) is 0.471. The van der Waals surface area contributed by atoms with Gasteiger partial charge in [0.2, 0.25) is 17.7 Å². The van der Waals surface area contributed by atoms with Gasteiger partial charge in [-0.2, -0.15) is 0 Å². The maximum absolute atomic E-state index is 12.0. The summed E-state index contributed by atoms with van der Waals surface area (Å²) in [7, 11) is 1.69. The number of aliphatic hydroxyl groups is 1. The summed E-state index contributed by atoms with van der Waals surface area (Å²) in [5.41, 5.74) is -0.00572. The van der Waals surface area contributed by atoms with Gasteiger partial charge in [0.15, 0.2) is 0 Å². The Morgan fingerprint density at radius 1 is 1.26 bits per heavy atom. The van der Waals surface area contributed by atoms with Crippen molar-refractivity contribution in [2.24, 2.45) is 0 Å². The Kier molecular flexibility index (Phi) is 5.50. The first-order valence-electron chi connectivity index (χ1n) is 7.69. The molecule has 0 aliphatic carbocycles. The van der Waals surface area contributed by atoms with Crippen molar-refractivity contribution in [2.75, 3.05) is 13.6 Å². The molecule has 0 saturated heterocycles. The molecule has 2 aromatic rings. The number of benzene rings is 1. The van der Waals surface area contributed by atoms with Crippen LogP contribution in [0.1, 0.15) is 32.6 Å². The van der Waals surface area contributed by atoms with Gasteiger partial charge in [0.1, 0.15) is 0 Å². The highest BCUT2D eigenvalue weighted by atomic mass is 16.4. The van der Waals surface area contributed by atoms with Gasteiger partial charge < -0.3 is 14.4 Å². The molecule has 6 nitrogen and oxygen atoms in total. The van der Waals surface area contributed by atoms with Crippen LogP contribution in [-0.4, -0.2) is 45.3 Å². The molecule has 0 spiro atoms. The maximum Gasteiger partial charge on any atom is 0.247 e. The number of amides is 1. The molecule has 0 radical (unpaired) electrons. The van der Waals surface area contributed by atoms with Crippen LogP contribution in [0, 0.1) is 0 Å². The van der Waals surface area contributed by atoms with E-state index in [2.05, 4.69) is 10.2 Å². The second kappa shape index (κ2) is 7.37. The van der Waals surface area contributed by atoms with Crippen molar-refractivity contribution >= 4 is 5.91 Å². The number of likely N-dealkylation sites (N-methyl/N-ethyl adjacent to an activating group) is 1. The SMILES string of the molecule is CN(CC(C)(C)O)C(=O)CCCc1nnc(-c2ccccc2)o1. The van der Waals surface area contributed by atoms with Crippen LogP contribution in [0.3, 0.4) is 0 Å². The zero-order chi connectivity index (χ0) is 16.9. The third-order valence-corrected chi connectivity index (χ3v) is 3.32. The minimum atomic E-state index is -0.887. The summed E-state index contributed by atoms with van der Waals surface area (Å²) in [5, 5.41) is 17.8. The molecule has 1 amide bonds. The highest BCUT2D eigenvalue weighted by Gasteiger charge is 2.19. The van der Waals surface area contributed by atoms with E-state index in [0.717, 1.165) is 5.56 Å². The molecule has 2 rings (SSSR count). The predicted octanol–water partition coefficient (Wildman–Crippen LogP) is 2.29. The fourth-order valence-corrected chi connectivity index (χ4v) is 2.30. The Morgan fingerprint density at radius 3 is 2.61 bits per heavy atom. The van der Waals surface area contributed by atoms with Crippen LogP contribution in [0.2, 0.25) is 0 Å². The lowest BCUT2D eigenvalue weighted by atomic mass is 10.1. The minimum Gasteiger partial charge on any atom is -0.421 e. The van der Waals surface area contributed by atoms with E-state index < -0.39 is 5.60 Å². The number of nitrogens with zero attached hydrogens (tertiary/aromatic N) is 3. The monoisotopic (exact) mass is 317 g/mol. The molecule has 1 aromatic heterocycles. The van der Waals surface area contributed by atoms with E-state index >= 15 is 0 Å². The van der Waals surface area contributed by atoms with E-state index in [1.807, 2.05) is 30.3 Å². The Labute approximate surface area is 136 Å². The first-order chi connectivity index (χ1) is 10.8. The average Bonchev–Trinajstić information content (AvgIpc) is 2.95. The Balaban J connectivity index is 1.81. The van der Waals surface area contributed by atoms with Crippen LogP contribution in [0.25, 0.3) is 11.5 Å².